The lowest BCUT2D eigenvalue weighted by molar-refractivity contribution is -0.131. The van der Waals surface area contributed by atoms with Crippen molar-refractivity contribution in [2.75, 3.05) is 13.1 Å². The van der Waals surface area contributed by atoms with Gasteiger partial charge in [-0.05, 0) is 19.8 Å². The Hall–Kier alpha value is -0.610. The van der Waals surface area contributed by atoms with Gasteiger partial charge in [-0.15, -0.1) is 0 Å². The standard InChI is InChI=1S/C9H17NO3/c1-7(11)2-3-9(13)10-5-4-8(12)6-10/h7-8,11-12H,2-6H2,1H3/t7?,8-/m1/s1. The number of aliphatic hydroxyl groups excluding tert-OH is 2. The van der Waals surface area contributed by atoms with Crippen molar-refractivity contribution in [3.8, 4) is 0 Å². The Balaban J connectivity index is 2.24. The van der Waals surface area contributed by atoms with Crippen LogP contribution in [0.5, 0.6) is 0 Å². The molecule has 2 atom stereocenters. The van der Waals surface area contributed by atoms with Gasteiger partial charge in [0.2, 0.25) is 5.91 Å². The summed E-state index contributed by atoms with van der Waals surface area (Å²) in [5.41, 5.74) is 0. The van der Waals surface area contributed by atoms with Gasteiger partial charge in [0.1, 0.15) is 0 Å². The maximum absolute atomic E-state index is 11.4. The van der Waals surface area contributed by atoms with Crippen molar-refractivity contribution in [2.24, 2.45) is 0 Å². The van der Waals surface area contributed by atoms with Crippen molar-refractivity contribution in [2.45, 2.75) is 38.4 Å². The Morgan fingerprint density at radius 2 is 2.38 bits per heavy atom. The van der Waals surface area contributed by atoms with Gasteiger partial charge in [0, 0.05) is 19.5 Å². The zero-order valence-corrected chi connectivity index (χ0v) is 7.94. The third-order valence-electron chi connectivity index (χ3n) is 2.29. The molecule has 1 aliphatic heterocycles. The summed E-state index contributed by atoms with van der Waals surface area (Å²) in [6.45, 7) is 2.78. The summed E-state index contributed by atoms with van der Waals surface area (Å²) >= 11 is 0. The van der Waals surface area contributed by atoms with Crippen LogP contribution in [-0.4, -0.2) is 46.3 Å². The topological polar surface area (TPSA) is 60.8 Å². The third-order valence-corrected chi connectivity index (χ3v) is 2.29. The summed E-state index contributed by atoms with van der Waals surface area (Å²) in [7, 11) is 0. The smallest absolute Gasteiger partial charge is 0.222 e. The van der Waals surface area contributed by atoms with Crippen molar-refractivity contribution in [3.05, 3.63) is 0 Å². The van der Waals surface area contributed by atoms with E-state index in [1.54, 1.807) is 11.8 Å². The number of rotatable bonds is 3. The maximum Gasteiger partial charge on any atom is 0.222 e. The molecule has 0 bridgehead atoms. The molecular weight excluding hydrogens is 170 g/mol. The van der Waals surface area contributed by atoms with Crippen LogP contribution in [0.4, 0.5) is 0 Å². The van der Waals surface area contributed by atoms with Crippen LogP contribution in [0.3, 0.4) is 0 Å². The molecule has 0 aromatic carbocycles. The second-order valence-corrected chi connectivity index (χ2v) is 3.67. The van der Waals surface area contributed by atoms with Gasteiger partial charge < -0.3 is 15.1 Å². The predicted molar refractivity (Wildman–Crippen MR) is 48.1 cm³/mol. The van der Waals surface area contributed by atoms with Crippen LogP contribution in [0.2, 0.25) is 0 Å². The average Bonchev–Trinajstić information content (AvgIpc) is 2.47. The number of hydrogen-bond acceptors (Lipinski definition) is 3. The van der Waals surface area contributed by atoms with E-state index in [0.717, 1.165) is 0 Å². The molecule has 1 heterocycles. The highest BCUT2D eigenvalue weighted by Crippen LogP contribution is 2.11. The molecule has 76 valence electrons. The van der Waals surface area contributed by atoms with Crippen molar-refractivity contribution >= 4 is 5.91 Å². The number of carbonyl (C=O) groups is 1. The van der Waals surface area contributed by atoms with E-state index in [9.17, 15) is 9.90 Å². The molecule has 0 spiro atoms. The zero-order chi connectivity index (χ0) is 9.84. The minimum absolute atomic E-state index is 0.0393. The van der Waals surface area contributed by atoms with E-state index in [2.05, 4.69) is 0 Å². The molecule has 2 N–H and O–H groups in total. The van der Waals surface area contributed by atoms with E-state index in [-0.39, 0.29) is 12.0 Å². The van der Waals surface area contributed by atoms with Crippen molar-refractivity contribution in [1.29, 1.82) is 0 Å². The molecule has 0 aromatic rings. The Kier molecular flexibility index (Phi) is 3.69. The Bertz CT molecular complexity index is 182. The monoisotopic (exact) mass is 187 g/mol. The lowest BCUT2D eigenvalue weighted by atomic mass is 10.2. The van der Waals surface area contributed by atoms with Crippen molar-refractivity contribution < 1.29 is 15.0 Å². The molecule has 1 fully saturated rings. The van der Waals surface area contributed by atoms with Gasteiger partial charge in [-0.1, -0.05) is 0 Å². The fourth-order valence-electron chi connectivity index (χ4n) is 1.46. The highest BCUT2D eigenvalue weighted by atomic mass is 16.3. The number of nitrogens with zero attached hydrogens (tertiary/aromatic N) is 1. The number of β-amino-alcohol motifs (C(OH)–C–C–N with tert-alkyl or cyclic N) is 1. The Labute approximate surface area is 78.2 Å². The first-order chi connectivity index (χ1) is 6.09. The number of aliphatic hydroxyl groups is 2. The first-order valence-corrected chi connectivity index (χ1v) is 4.73. The molecule has 13 heavy (non-hydrogen) atoms. The SMILES string of the molecule is CC(O)CCC(=O)N1CC[C@@H](O)C1. The number of carbonyl (C=O) groups excluding carboxylic acids is 1. The molecule has 0 radical (unpaired) electrons. The van der Waals surface area contributed by atoms with E-state index >= 15 is 0 Å². The predicted octanol–water partition coefficient (Wildman–Crippen LogP) is -0.259. The fourth-order valence-corrected chi connectivity index (χ4v) is 1.46. The van der Waals surface area contributed by atoms with Crippen molar-refractivity contribution in [1.82, 2.24) is 4.90 Å². The molecule has 4 heteroatoms. The highest BCUT2D eigenvalue weighted by molar-refractivity contribution is 5.76. The summed E-state index contributed by atoms with van der Waals surface area (Å²) in [6.07, 6.45) is 0.794. The van der Waals surface area contributed by atoms with Crippen LogP contribution in [0.25, 0.3) is 0 Å². The van der Waals surface area contributed by atoms with E-state index in [1.807, 2.05) is 0 Å². The molecular formula is C9H17NO3. The van der Waals surface area contributed by atoms with Gasteiger partial charge in [0.05, 0.1) is 12.2 Å². The number of likely N-dealkylation sites (tertiary alicyclic amines) is 1. The van der Waals surface area contributed by atoms with Crippen LogP contribution in [0.1, 0.15) is 26.2 Å². The van der Waals surface area contributed by atoms with Gasteiger partial charge in [0.15, 0.2) is 0 Å². The summed E-state index contributed by atoms with van der Waals surface area (Å²) in [5, 5.41) is 18.2. The summed E-state index contributed by atoms with van der Waals surface area (Å²) in [5.74, 6) is 0.0393. The summed E-state index contributed by atoms with van der Waals surface area (Å²) in [6, 6.07) is 0. The first kappa shape index (κ1) is 10.5. The van der Waals surface area contributed by atoms with Crippen molar-refractivity contribution in [3.63, 3.8) is 0 Å². The summed E-state index contributed by atoms with van der Waals surface area (Å²) in [4.78, 5) is 13.1. The highest BCUT2D eigenvalue weighted by Gasteiger charge is 2.23. The van der Waals surface area contributed by atoms with E-state index in [0.29, 0.717) is 32.4 Å². The van der Waals surface area contributed by atoms with Crippen LogP contribution in [0.15, 0.2) is 0 Å². The van der Waals surface area contributed by atoms with E-state index in [1.165, 1.54) is 0 Å². The lowest BCUT2D eigenvalue weighted by Crippen LogP contribution is -2.29. The molecule has 1 amide bonds. The molecule has 1 saturated heterocycles. The number of hydrogen-bond donors (Lipinski definition) is 2. The molecule has 0 aromatic heterocycles. The molecule has 0 saturated carbocycles. The minimum atomic E-state index is -0.420. The van der Waals surface area contributed by atoms with Crippen LogP contribution >= 0.6 is 0 Å². The van der Waals surface area contributed by atoms with Gasteiger partial charge >= 0.3 is 0 Å². The normalized spacial score (nSPS) is 24.8. The van der Waals surface area contributed by atoms with Crippen LogP contribution < -0.4 is 0 Å². The fraction of sp³-hybridized carbons (Fsp3) is 0.889. The van der Waals surface area contributed by atoms with E-state index < -0.39 is 6.10 Å². The second-order valence-electron chi connectivity index (χ2n) is 3.67. The Morgan fingerprint density at radius 1 is 1.69 bits per heavy atom. The molecule has 1 aliphatic rings. The third kappa shape index (κ3) is 3.32. The molecule has 0 aliphatic carbocycles. The average molecular weight is 187 g/mol. The van der Waals surface area contributed by atoms with Gasteiger partial charge in [0.25, 0.3) is 0 Å². The minimum Gasteiger partial charge on any atom is -0.393 e. The van der Waals surface area contributed by atoms with Crippen LogP contribution in [-0.2, 0) is 4.79 Å². The van der Waals surface area contributed by atoms with Gasteiger partial charge in [-0.3, -0.25) is 4.79 Å². The lowest BCUT2D eigenvalue weighted by Gasteiger charge is -2.15. The molecule has 4 nitrogen and oxygen atoms in total. The zero-order valence-electron chi connectivity index (χ0n) is 7.94. The van der Waals surface area contributed by atoms with Gasteiger partial charge in [-0.25, -0.2) is 0 Å². The number of amides is 1. The largest absolute Gasteiger partial charge is 0.393 e. The summed E-state index contributed by atoms with van der Waals surface area (Å²) < 4.78 is 0. The van der Waals surface area contributed by atoms with Gasteiger partial charge in [-0.2, -0.15) is 0 Å². The van der Waals surface area contributed by atoms with E-state index in [4.69, 9.17) is 5.11 Å². The molecule has 1 rings (SSSR count). The molecule has 1 unspecified atom stereocenters. The quantitative estimate of drug-likeness (QED) is 0.640. The Morgan fingerprint density at radius 3 is 2.85 bits per heavy atom. The maximum atomic E-state index is 11.4. The first-order valence-electron chi connectivity index (χ1n) is 4.73. The second kappa shape index (κ2) is 4.58. The van der Waals surface area contributed by atoms with Crippen LogP contribution in [0, 0.1) is 0 Å².